The molecule has 1 amide bonds. The maximum atomic E-state index is 11.2. The van der Waals surface area contributed by atoms with Crippen LogP contribution in [0, 0.1) is 6.92 Å². The predicted octanol–water partition coefficient (Wildman–Crippen LogP) is 1.57. The average Bonchev–Trinajstić information content (AvgIpc) is 2.51. The van der Waals surface area contributed by atoms with Crippen LogP contribution in [0.2, 0.25) is 0 Å². The van der Waals surface area contributed by atoms with E-state index in [4.69, 9.17) is 0 Å². The van der Waals surface area contributed by atoms with Crippen molar-refractivity contribution in [2.75, 3.05) is 6.54 Å². The molecule has 2 rings (SSSR count). The van der Waals surface area contributed by atoms with E-state index in [1.54, 1.807) is 0 Å². The van der Waals surface area contributed by atoms with Crippen LogP contribution in [-0.4, -0.2) is 17.0 Å². The highest BCUT2D eigenvalue weighted by molar-refractivity contribution is 5.93. The summed E-state index contributed by atoms with van der Waals surface area (Å²) in [6.07, 6.45) is 2.01. The minimum atomic E-state index is 0.0457. The first-order chi connectivity index (χ1) is 6.27. The van der Waals surface area contributed by atoms with Gasteiger partial charge in [-0.15, -0.1) is 0 Å². The average molecular weight is 180 g/mol. The Morgan fingerprint density at radius 3 is 2.77 bits per heavy atom. The van der Waals surface area contributed by atoms with Gasteiger partial charge in [-0.05, 0) is 18.6 Å². The number of carbonyl (C=O) groups excluding carboxylic acids is 1. The Labute approximate surface area is 78.8 Å². The zero-order chi connectivity index (χ0) is 9.84. The zero-order valence-electron chi connectivity index (χ0n) is 8.42. The first kappa shape index (κ1) is 9.84. The molecule has 1 N–H and O–H groups in total. The molecule has 0 saturated heterocycles. The molecule has 3 nitrogen and oxygen atoms in total. The van der Waals surface area contributed by atoms with Crippen LogP contribution in [0.5, 0.6) is 0 Å². The molecule has 0 bridgehead atoms. The zero-order valence-corrected chi connectivity index (χ0v) is 8.42. The molecule has 1 aliphatic rings. The molecule has 0 unspecified atom stereocenters. The van der Waals surface area contributed by atoms with Crippen LogP contribution in [0.3, 0.4) is 0 Å². The fraction of sp³-hybridized carbons (Fsp3) is 0.500. The number of nitrogens with one attached hydrogen (secondary N) is 1. The Morgan fingerprint density at radius 2 is 2.15 bits per heavy atom. The highest BCUT2D eigenvalue weighted by atomic mass is 16.2. The van der Waals surface area contributed by atoms with Gasteiger partial charge in [-0.1, -0.05) is 13.8 Å². The molecule has 1 aromatic heterocycles. The van der Waals surface area contributed by atoms with Crippen molar-refractivity contribution < 1.29 is 4.79 Å². The molecule has 0 saturated carbocycles. The first-order valence-electron chi connectivity index (χ1n) is 4.72. The van der Waals surface area contributed by atoms with Crippen LogP contribution in [0.1, 0.15) is 29.9 Å². The van der Waals surface area contributed by atoms with Crippen molar-refractivity contribution in [2.24, 2.45) is 0 Å². The Hall–Kier alpha value is -1.25. The third-order valence-corrected chi connectivity index (χ3v) is 1.90. The molecule has 0 atom stereocenters. The Bertz CT molecular complexity index is 302. The first-order valence-corrected chi connectivity index (χ1v) is 4.72. The second-order valence-electron chi connectivity index (χ2n) is 2.85. The number of aryl methyl sites for hydroxylation is 1. The van der Waals surface area contributed by atoms with Gasteiger partial charge in [0, 0.05) is 19.3 Å². The van der Waals surface area contributed by atoms with Crippen molar-refractivity contribution in [1.82, 2.24) is 9.88 Å². The summed E-state index contributed by atoms with van der Waals surface area (Å²) in [5.74, 6) is 0.0457. The normalized spacial score (nSPS) is 13.9. The lowest BCUT2D eigenvalue weighted by Gasteiger charge is -2.14. The number of amides is 1. The minimum Gasteiger partial charge on any atom is -0.349 e. The van der Waals surface area contributed by atoms with Gasteiger partial charge in [-0.3, -0.25) is 4.79 Å². The van der Waals surface area contributed by atoms with Crippen molar-refractivity contribution in [3.05, 3.63) is 23.5 Å². The van der Waals surface area contributed by atoms with E-state index in [1.807, 2.05) is 37.6 Å². The maximum absolute atomic E-state index is 11.2. The molecule has 72 valence electrons. The Balaban J connectivity index is 0.000000396. The number of hydrogen-bond donors (Lipinski definition) is 1. The van der Waals surface area contributed by atoms with E-state index >= 15 is 0 Å². The maximum Gasteiger partial charge on any atom is 0.267 e. The van der Waals surface area contributed by atoms with Gasteiger partial charge in [-0.2, -0.15) is 0 Å². The molecule has 0 fully saturated rings. The van der Waals surface area contributed by atoms with Crippen LogP contribution in [0.15, 0.2) is 12.3 Å². The van der Waals surface area contributed by atoms with E-state index in [0.29, 0.717) is 0 Å². The SMILES string of the molecule is CC.Cc1cc2n(c1)CCNC2=O. The van der Waals surface area contributed by atoms with Gasteiger partial charge in [-0.25, -0.2) is 0 Å². The summed E-state index contributed by atoms with van der Waals surface area (Å²) in [7, 11) is 0. The van der Waals surface area contributed by atoms with Crippen molar-refractivity contribution >= 4 is 5.91 Å². The van der Waals surface area contributed by atoms with Crippen molar-refractivity contribution in [2.45, 2.75) is 27.3 Å². The van der Waals surface area contributed by atoms with Crippen molar-refractivity contribution in [3.8, 4) is 0 Å². The molecule has 3 heteroatoms. The lowest BCUT2D eigenvalue weighted by Crippen LogP contribution is -2.34. The quantitative estimate of drug-likeness (QED) is 0.646. The molecule has 13 heavy (non-hydrogen) atoms. The van der Waals surface area contributed by atoms with E-state index < -0.39 is 0 Å². The number of nitrogens with zero attached hydrogens (tertiary/aromatic N) is 1. The van der Waals surface area contributed by atoms with Crippen molar-refractivity contribution in [3.63, 3.8) is 0 Å². The molecule has 1 aliphatic heterocycles. The van der Waals surface area contributed by atoms with Crippen LogP contribution >= 0.6 is 0 Å². The molecule has 0 spiro atoms. The number of fused-ring (bicyclic) bond motifs is 1. The van der Waals surface area contributed by atoms with Gasteiger partial charge < -0.3 is 9.88 Å². The van der Waals surface area contributed by atoms with Gasteiger partial charge in [0.2, 0.25) is 0 Å². The van der Waals surface area contributed by atoms with Gasteiger partial charge >= 0.3 is 0 Å². The molecular weight excluding hydrogens is 164 g/mol. The summed E-state index contributed by atoms with van der Waals surface area (Å²) < 4.78 is 1.99. The second-order valence-corrected chi connectivity index (χ2v) is 2.85. The van der Waals surface area contributed by atoms with E-state index in [1.165, 1.54) is 0 Å². The highest BCUT2D eigenvalue weighted by Gasteiger charge is 2.15. The van der Waals surface area contributed by atoms with Gasteiger partial charge in [0.05, 0.1) is 0 Å². The lowest BCUT2D eigenvalue weighted by atomic mass is 10.3. The Kier molecular flexibility index (Phi) is 3.12. The summed E-state index contributed by atoms with van der Waals surface area (Å²) in [5.41, 5.74) is 1.94. The number of carbonyl (C=O) groups is 1. The highest BCUT2D eigenvalue weighted by Crippen LogP contribution is 2.09. The van der Waals surface area contributed by atoms with Gasteiger partial charge in [0.15, 0.2) is 0 Å². The lowest BCUT2D eigenvalue weighted by molar-refractivity contribution is 0.0928. The second kappa shape index (κ2) is 4.12. The molecular formula is C10H16N2O. The van der Waals surface area contributed by atoms with Crippen LogP contribution in [0.25, 0.3) is 0 Å². The number of rotatable bonds is 0. The summed E-state index contributed by atoms with van der Waals surface area (Å²) in [4.78, 5) is 11.2. The third kappa shape index (κ3) is 1.91. The summed E-state index contributed by atoms with van der Waals surface area (Å²) in [5, 5.41) is 2.79. The van der Waals surface area contributed by atoms with Gasteiger partial charge in [0.1, 0.15) is 5.69 Å². The summed E-state index contributed by atoms with van der Waals surface area (Å²) >= 11 is 0. The van der Waals surface area contributed by atoms with Crippen LogP contribution < -0.4 is 5.32 Å². The van der Waals surface area contributed by atoms with E-state index in [2.05, 4.69) is 5.32 Å². The summed E-state index contributed by atoms with van der Waals surface area (Å²) in [6, 6.07) is 1.91. The smallest absolute Gasteiger partial charge is 0.267 e. The van der Waals surface area contributed by atoms with E-state index in [0.717, 1.165) is 24.3 Å². The largest absolute Gasteiger partial charge is 0.349 e. The standard InChI is InChI=1S/C8H10N2O.C2H6/c1-6-4-7-8(11)9-2-3-10(7)5-6;1-2/h4-5H,2-3H2,1H3,(H,9,11);1-2H3. The monoisotopic (exact) mass is 180 g/mol. The van der Waals surface area contributed by atoms with Crippen LogP contribution in [-0.2, 0) is 6.54 Å². The van der Waals surface area contributed by atoms with Crippen LogP contribution in [0.4, 0.5) is 0 Å². The molecule has 2 heterocycles. The fourth-order valence-corrected chi connectivity index (χ4v) is 1.41. The molecule has 1 aromatic rings. The topological polar surface area (TPSA) is 34.0 Å². The van der Waals surface area contributed by atoms with Crippen molar-refractivity contribution in [1.29, 1.82) is 0 Å². The fourth-order valence-electron chi connectivity index (χ4n) is 1.41. The molecule has 0 radical (unpaired) electrons. The third-order valence-electron chi connectivity index (χ3n) is 1.90. The predicted molar refractivity (Wildman–Crippen MR) is 52.9 cm³/mol. The molecule has 0 aliphatic carbocycles. The summed E-state index contributed by atoms with van der Waals surface area (Å²) in [6.45, 7) is 7.65. The number of aromatic nitrogens is 1. The van der Waals surface area contributed by atoms with E-state index in [9.17, 15) is 4.79 Å². The number of hydrogen-bond acceptors (Lipinski definition) is 1. The minimum absolute atomic E-state index is 0.0457. The van der Waals surface area contributed by atoms with Gasteiger partial charge in [0.25, 0.3) is 5.91 Å². The molecule has 0 aromatic carbocycles. The Morgan fingerprint density at radius 1 is 1.46 bits per heavy atom. The van der Waals surface area contributed by atoms with E-state index in [-0.39, 0.29) is 5.91 Å².